The molecule has 1 fully saturated rings. The van der Waals surface area contributed by atoms with Crippen molar-refractivity contribution < 1.29 is 13.9 Å². The minimum absolute atomic E-state index is 0.192. The van der Waals surface area contributed by atoms with Crippen LogP contribution in [0.4, 0.5) is 14.9 Å². The van der Waals surface area contributed by atoms with E-state index in [1.165, 1.54) is 6.07 Å². The van der Waals surface area contributed by atoms with Crippen molar-refractivity contribution in [3.05, 3.63) is 71.2 Å². The molecule has 11 heteroatoms. The number of urea groups is 1. The van der Waals surface area contributed by atoms with Crippen LogP contribution in [-0.4, -0.2) is 50.3 Å². The van der Waals surface area contributed by atoms with Crippen molar-refractivity contribution in [3.8, 4) is 34.1 Å². The third kappa shape index (κ3) is 5.14. The minimum Gasteiger partial charge on any atom is -0.424 e. The molecule has 4 aromatic rings. The summed E-state index contributed by atoms with van der Waals surface area (Å²) in [5, 5.41) is 0.297. The summed E-state index contributed by atoms with van der Waals surface area (Å²) in [6, 6.07) is 9.60. The van der Waals surface area contributed by atoms with Gasteiger partial charge in [-0.3, -0.25) is 4.99 Å². The quantitative estimate of drug-likeness (QED) is 0.273. The number of aliphatic imine (C=N–C) groups is 1. The van der Waals surface area contributed by atoms with Crippen LogP contribution in [0.3, 0.4) is 0 Å². The van der Waals surface area contributed by atoms with Gasteiger partial charge in [0, 0.05) is 59.3 Å². The highest BCUT2D eigenvalue weighted by molar-refractivity contribution is 6.33. The van der Waals surface area contributed by atoms with Crippen LogP contribution in [0, 0.1) is 19.7 Å². The lowest BCUT2D eigenvalue weighted by molar-refractivity contribution is 0.139. The largest absolute Gasteiger partial charge is 0.424 e. The predicted octanol–water partition coefficient (Wildman–Crippen LogP) is 6.43. The maximum absolute atomic E-state index is 15.5. The van der Waals surface area contributed by atoms with Gasteiger partial charge >= 0.3 is 12.0 Å². The van der Waals surface area contributed by atoms with Gasteiger partial charge < -0.3 is 19.9 Å². The summed E-state index contributed by atoms with van der Waals surface area (Å²) < 4.78 is 23.3. The van der Waals surface area contributed by atoms with Crippen molar-refractivity contribution in [3.63, 3.8) is 0 Å². The third-order valence-electron chi connectivity index (χ3n) is 7.41. The van der Waals surface area contributed by atoms with E-state index in [0.717, 1.165) is 17.1 Å². The Morgan fingerprint density at radius 1 is 1.12 bits per heavy atom. The summed E-state index contributed by atoms with van der Waals surface area (Å²) in [5.41, 5.74) is 9.31. The van der Waals surface area contributed by atoms with Crippen molar-refractivity contribution in [2.45, 2.75) is 39.2 Å². The zero-order chi connectivity index (χ0) is 28.6. The van der Waals surface area contributed by atoms with Gasteiger partial charge in [-0.25, -0.2) is 24.1 Å². The van der Waals surface area contributed by atoms with E-state index in [2.05, 4.69) is 38.2 Å². The van der Waals surface area contributed by atoms with Crippen molar-refractivity contribution in [1.29, 1.82) is 0 Å². The van der Waals surface area contributed by atoms with Gasteiger partial charge in [0.1, 0.15) is 11.6 Å². The number of nitrogens with two attached hydrogens (primary N) is 1. The lowest BCUT2D eigenvalue weighted by Crippen LogP contribution is -2.48. The number of ether oxygens (including phenoxy) is 1. The topological polar surface area (TPSA) is 112 Å². The Morgan fingerprint density at radius 2 is 1.88 bits per heavy atom. The SMILES string of the molecule is C=Nc1cc(F)c(-c2ccc(Oc3nccc(C)n3)cc2Cl)cc1-c1c(C)ncn1C1(C)CCN(C(N)=O)CC1. The lowest BCUT2D eigenvalue weighted by Gasteiger charge is -2.40. The molecule has 0 atom stereocenters. The molecule has 206 valence electrons. The number of carbonyl (C=O) groups is 1. The first-order valence-electron chi connectivity index (χ1n) is 12.8. The van der Waals surface area contributed by atoms with E-state index >= 15 is 4.39 Å². The number of aryl methyl sites for hydroxylation is 2. The van der Waals surface area contributed by atoms with E-state index in [0.29, 0.717) is 59.1 Å². The van der Waals surface area contributed by atoms with Crippen LogP contribution in [0.2, 0.25) is 5.02 Å². The van der Waals surface area contributed by atoms with Crippen LogP contribution in [-0.2, 0) is 5.54 Å². The molecule has 0 saturated carbocycles. The van der Waals surface area contributed by atoms with Crippen LogP contribution in [0.25, 0.3) is 22.4 Å². The number of benzene rings is 2. The number of primary amides is 1. The van der Waals surface area contributed by atoms with Gasteiger partial charge in [0.2, 0.25) is 0 Å². The number of carbonyl (C=O) groups excluding carboxylic acids is 1. The normalized spacial score (nSPS) is 14.7. The highest BCUT2D eigenvalue weighted by atomic mass is 35.5. The maximum atomic E-state index is 15.5. The number of hydrogen-bond donors (Lipinski definition) is 1. The fraction of sp³-hybridized carbons (Fsp3) is 0.276. The Morgan fingerprint density at radius 3 is 2.52 bits per heavy atom. The summed E-state index contributed by atoms with van der Waals surface area (Å²) in [4.78, 5) is 30.4. The third-order valence-corrected chi connectivity index (χ3v) is 7.72. The number of likely N-dealkylation sites (tertiary alicyclic amines) is 1. The number of nitrogens with zero attached hydrogens (tertiary/aromatic N) is 6. The summed E-state index contributed by atoms with van der Waals surface area (Å²) in [6.45, 7) is 10.6. The molecular formula is C29H29ClFN7O2. The summed E-state index contributed by atoms with van der Waals surface area (Å²) >= 11 is 6.65. The zero-order valence-electron chi connectivity index (χ0n) is 22.5. The molecule has 0 bridgehead atoms. The Hall–Kier alpha value is -4.31. The number of hydrogen-bond acceptors (Lipinski definition) is 6. The van der Waals surface area contributed by atoms with Gasteiger partial charge in [0.05, 0.1) is 28.4 Å². The second-order valence-corrected chi connectivity index (χ2v) is 10.5. The van der Waals surface area contributed by atoms with Gasteiger partial charge in [-0.15, -0.1) is 0 Å². The molecule has 1 aliphatic rings. The van der Waals surface area contributed by atoms with Crippen molar-refractivity contribution in [2.75, 3.05) is 13.1 Å². The number of rotatable bonds is 6. The van der Waals surface area contributed by atoms with Crippen LogP contribution in [0.5, 0.6) is 11.8 Å². The van der Waals surface area contributed by atoms with E-state index < -0.39 is 11.8 Å². The van der Waals surface area contributed by atoms with Gasteiger partial charge in [0.15, 0.2) is 0 Å². The summed E-state index contributed by atoms with van der Waals surface area (Å²) in [5.74, 6) is -0.0676. The average molecular weight is 562 g/mol. The van der Waals surface area contributed by atoms with Gasteiger partial charge in [-0.05, 0) is 64.6 Å². The molecule has 2 amide bonds. The number of imidazole rings is 1. The van der Waals surface area contributed by atoms with Crippen LogP contribution in [0.1, 0.15) is 31.2 Å². The number of aromatic nitrogens is 4. The van der Waals surface area contributed by atoms with E-state index in [1.807, 2.05) is 13.8 Å². The maximum Gasteiger partial charge on any atom is 0.322 e. The Kier molecular flexibility index (Phi) is 7.29. The molecule has 1 aliphatic heterocycles. The summed E-state index contributed by atoms with van der Waals surface area (Å²) in [6.07, 6.45) is 4.75. The molecule has 9 nitrogen and oxygen atoms in total. The first-order valence-corrected chi connectivity index (χ1v) is 13.1. The fourth-order valence-corrected chi connectivity index (χ4v) is 5.34. The molecule has 5 rings (SSSR count). The number of amides is 2. The van der Waals surface area contributed by atoms with E-state index in [9.17, 15) is 4.79 Å². The molecular weight excluding hydrogens is 533 g/mol. The van der Waals surface area contributed by atoms with Crippen LogP contribution < -0.4 is 10.5 Å². The molecule has 0 radical (unpaired) electrons. The Balaban J connectivity index is 1.54. The van der Waals surface area contributed by atoms with Crippen molar-refractivity contribution in [1.82, 2.24) is 24.4 Å². The van der Waals surface area contributed by atoms with Crippen LogP contribution >= 0.6 is 11.6 Å². The van der Waals surface area contributed by atoms with Crippen molar-refractivity contribution in [2.24, 2.45) is 10.7 Å². The first kappa shape index (κ1) is 27.3. The lowest BCUT2D eigenvalue weighted by atomic mass is 9.88. The second-order valence-electron chi connectivity index (χ2n) is 10.1. The monoisotopic (exact) mass is 561 g/mol. The molecule has 3 heterocycles. The Labute approximate surface area is 236 Å². The molecule has 2 aromatic carbocycles. The van der Waals surface area contributed by atoms with E-state index in [-0.39, 0.29) is 11.5 Å². The van der Waals surface area contributed by atoms with E-state index in [4.69, 9.17) is 22.1 Å². The molecule has 0 unspecified atom stereocenters. The Bertz CT molecular complexity index is 1610. The smallest absolute Gasteiger partial charge is 0.322 e. The molecule has 1 saturated heterocycles. The highest BCUT2D eigenvalue weighted by Crippen LogP contribution is 2.43. The number of piperidine rings is 1. The van der Waals surface area contributed by atoms with Gasteiger partial charge in [-0.2, -0.15) is 0 Å². The number of halogens is 2. The summed E-state index contributed by atoms with van der Waals surface area (Å²) in [7, 11) is 0. The fourth-order valence-electron chi connectivity index (χ4n) is 5.07. The minimum atomic E-state index is -0.492. The standard InChI is InChI=1S/C29H29ClFN7O2/c1-17-7-10-34-28(36-17)40-19-5-6-20(23(30)13-19)21-14-22(25(33-4)15-24(21)31)26-18(2)35-16-38(26)29(3)8-11-37(12-9-29)27(32)39/h5-7,10,13-16H,4,8-9,11-12H2,1-3H3,(H2,32,39). The second kappa shape index (κ2) is 10.7. The molecule has 2 aromatic heterocycles. The zero-order valence-corrected chi connectivity index (χ0v) is 23.2. The van der Waals surface area contributed by atoms with Gasteiger partial charge in [-0.1, -0.05) is 11.6 Å². The van der Waals surface area contributed by atoms with Crippen molar-refractivity contribution >= 4 is 30.0 Å². The molecule has 40 heavy (non-hydrogen) atoms. The molecule has 0 aliphatic carbocycles. The van der Waals surface area contributed by atoms with Gasteiger partial charge in [0.25, 0.3) is 0 Å². The molecule has 2 N–H and O–H groups in total. The predicted molar refractivity (Wildman–Crippen MR) is 153 cm³/mol. The average Bonchev–Trinajstić information content (AvgIpc) is 3.31. The van der Waals surface area contributed by atoms with E-state index in [1.54, 1.807) is 47.8 Å². The highest BCUT2D eigenvalue weighted by Gasteiger charge is 2.35. The first-order chi connectivity index (χ1) is 19.1. The molecule has 0 spiro atoms. The van der Waals surface area contributed by atoms with Crippen LogP contribution in [0.15, 0.2) is 53.9 Å².